The molecule has 0 amide bonds. The molecular formula is C9H16N2. The number of hydrogen-bond acceptors (Lipinski definition) is 2. The quantitative estimate of drug-likeness (QED) is 0.354. The van der Waals surface area contributed by atoms with Gasteiger partial charge in [0.25, 0.3) is 0 Å². The van der Waals surface area contributed by atoms with E-state index >= 15 is 0 Å². The second-order valence-corrected chi connectivity index (χ2v) is 3.48. The first-order chi connectivity index (χ1) is 5.34. The molecule has 0 aromatic rings. The summed E-state index contributed by atoms with van der Waals surface area (Å²) in [7, 11) is 0. The molecular weight excluding hydrogens is 136 g/mol. The maximum absolute atomic E-state index is 8.47. The van der Waals surface area contributed by atoms with Gasteiger partial charge in [-0.1, -0.05) is 26.2 Å². The van der Waals surface area contributed by atoms with Crippen LogP contribution in [0.15, 0.2) is 0 Å². The van der Waals surface area contributed by atoms with E-state index in [9.17, 15) is 0 Å². The zero-order valence-electron chi connectivity index (χ0n) is 7.14. The third-order valence-electron chi connectivity index (χ3n) is 2.61. The summed E-state index contributed by atoms with van der Waals surface area (Å²) < 4.78 is 0. The molecule has 2 heteroatoms. The molecule has 0 spiro atoms. The Morgan fingerprint density at radius 2 is 2.00 bits per heavy atom. The third kappa shape index (κ3) is 2.42. The maximum atomic E-state index is 8.47. The van der Waals surface area contributed by atoms with E-state index in [1.54, 1.807) is 0 Å². The van der Waals surface area contributed by atoms with Crippen molar-refractivity contribution in [2.75, 3.05) is 0 Å². The van der Waals surface area contributed by atoms with Gasteiger partial charge in [0.2, 0.25) is 0 Å². The highest BCUT2D eigenvalue weighted by atomic mass is 14.9. The summed E-state index contributed by atoms with van der Waals surface area (Å²) in [4.78, 5) is 0. The monoisotopic (exact) mass is 152 g/mol. The summed E-state index contributed by atoms with van der Waals surface area (Å²) in [5.41, 5.74) is 0. The Morgan fingerprint density at radius 3 is 2.73 bits per heavy atom. The Hall–Kier alpha value is -0.710. The van der Waals surface area contributed by atoms with E-state index < -0.39 is 0 Å². The van der Waals surface area contributed by atoms with Crippen LogP contribution in [0.1, 0.15) is 39.0 Å². The van der Waals surface area contributed by atoms with E-state index in [1.165, 1.54) is 32.1 Å². The fourth-order valence-corrected chi connectivity index (χ4v) is 1.79. The molecule has 1 aliphatic rings. The van der Waals surface area contributed by atoms with E-state index in [4.69, 9.17) is 5.26 Å². The fraction of sp³-hybridized carbons (Fsp3) is 0.889. The average molecular weight is 152 g/mol. The zero-order chi connectivity index (χ0) is 8.10. The summed E-state index contributed by atoms with van der Waals surface area (Å²) in [5, 5.41) is 11.3. The van der Waals surface area contributed by atoms with Crippen molar-refractivity contribution in [1.82, 2.24) is 5.32 Å². The molecule has 0 saturated heterocycles. The van der Waals surface area contributed by atoms with Gasteiger partial charge >= 0.3 is 0 Å². The second kappa shape index (κ2) is 4.23. The van der Waals surface area contributed by atoms with Crippen molar-refractivity contribution in [3.05, 3.63) is 0 Å². The molecule has 0 radical (unpaired) electrons. The van der Waals surface area contributed by atoms with Crippen molar-refractivity contribution in [2.24, 2.45) is 5.92 Å². The Labute approximate surface area is 68.6 Å². The van der Waals surface area contributed by atoms with Crippen molar-refractivity contribution < 1.29 is 0 Å². The van der Waals surface area contributed by atoms with Gasteiger partial charge in [-0.25, -0.2) is 0 Å². The van der Waals surface area contributed by atoms with Crippen molar-refractivity contribution in [2.45, 2.75) is 45.1 Å². The molecule has 0 aromatic carbocycles. The fourth-order valence-electron chi connectivity index (χ4n) is 1.79. The lowest BCUT2D eigenvalue weighted by Crippen LogP contribution is -2.30. The molecule has 2 nitrogen and oxygen atoms in total. The minimum atomic E-state index is 0.447. The summed E-state index contributed by atoms with van der Waals surface area (Å²) in [6.45, 7) is 2.24. The second-order valence-electron chi connectivity index (χ2n) is 3.48. The van der Waals surface area contributed by atoms with Crippen LogP contribution in [0.25, 0.3) is 0 Å². The molecule has 0 aromatic heterocycles. The van der Waals surface area contributed by atoms with E-state index in [-0.39, 0.29) is 0 Å². The summed E-state index contributed by atoms with van der Waals surface area (Å²) in [5.74, 6) is 0.678. The number of rotatable bonds is 1. The minimum absolute atomic E-state index is 0.447. The normalized spacial score (nSPS) is 32.0. The van der Waals surface area contributed by atoms with Crippen LogP contribution in [0.4, 0.5) is 0 Å². The molecule has 1 N–H and O–H groups in total. The van der Waals surface area contributed by atoms with Gasteiger partial charge in [-0.05, 0) is 18.8 Å². The molecule has 1 aliphatic carbocycles. The van der Waals surface area contributed by atoms with E-state index in [1.807, 2.05) is 6.19 Å². The van der Waals surface area contributed by atoms with Gasteiger partial charge in [0.1, 0.15) is 0 Å². The summed E-state index contributed by atoms with van der Waals surface area (Å²) in [6, 6.07) is 0.447. The van der Waals surface area contributed by atoms with E-state index in [2.05, 4.69) is 12.2 Å². The van der Waals surface area contributed by atoms with Crippen LogP contribution in [0.5, 0.6) is 0 Å². The number of hydrogen-bond donors (Lipinski definition) is 1. The lowest BCUT2D eigenvalue weighted by atomic mass is 9.97. The molecule has 2 unspecified atom stereocenters. The molecule has 1 rings (SSSR count). The van der Waals surface area contributed by atoms with Crippen LogP contribution >= 0.6 is 0 Å². The average Bonchev–Trinajstić information content (AvgIpc) is 2.18. The van der Waals surface area contributed by atoms with Crippen LogP contribution in [0.3, 0.4) is 0 Å². The molecule has 2 atom stereocenters. The number of nitrogens with zero attached hydrogens (tertiary/aromatic N) is 1. The van der Waals surface area contributed by atoms with E-state index in [0.29, 0.717) is 12.0 Å². The molecule has 0 bridgehead atoms. The van der Waals surface area contributed by atoms with Crippen molar-refractivity contribution in [1.29, 1.82) is 5.26 Å². The molecule has 0 heterocycles. The molecule has 1 saturated carbocycles. The predicted octanol–water partition coefficient (Wildman–Crippen LogP) is 2.03. The highest BCUT2D eigenvalue weighted by Crippen LogP contribution is 2.22. The Bertz CT molecular complexity index is 148. The van der Waals surface area contributed by atoms with Gasteiger partial charge in [0.15, 0.2) is 6.19 Å². The predicted molar refractivity (Wildman–Crippen MR) is 44.8 cm³/mol. The Morgan fingerprint density at radius 1 is 1.27 bits per heavy atom. The molecule has 0 aliphatic heterocycles. The number of nitrogens with one attached hydrogen (secondary N) is 1. The molecule has 11 heavy (non-hydrogen) atoms. The lowest BCUT2D eigenvalue weighted by Gasteiger charge is -2.18. The standard InChI is InChI=1S/C9H16N2/c1-8-5-3-2-4-6-9(8)11-7-10/h8-9,11H,2-6H2,1H3. The highest BCUT2D eigenvalue weighted by Gasteiger charge is 2.18. The Kier molecular flexibility index (Phi) is 3.22. The van der Waals surface area contributed by atoms with Crippen molar-refractivity contribution in [3.8, 4) is 6.19 Å². The topological polar surface area (TPSA) is 35.8 Å². The van der Waals surface area contributed by atoms with Crippen molar-refractivity contribution in [3.63, 3.8) is 0 Å². The first-order valence-electron chi connectivity index (χ1n) is 4.49. The third-order valence-corrected chi connectivity index (χ3v) is 2.61. The van der Waals surface area contributed by atoms with Gasteiger partial charge in [-0.2, -0.15) is 5.26 Å². The van der Waals surface area contributed by atoms with Gasteiger partial charge in [-0.15, -0.1) is 0 Å². The SMILES string of the molecule is CC1CCCCCC1NC#N. The highest BCUT2D eigenvalue weighted by molar-refractivity contribution is 4.82. The molecule has 62 valence electrons. The van der Waals surface area contributed by atoms with Crippen LogP contribution in [0.2, 0.25) is 0 Å². The lowest BCUT2D eigenvalue weighted by molar-refractivity contribution is 0.394. The maximum Gasteiger partial charge on any atom is 0.176 e. The number of nitriles is 1. The summed E-state index contributed by atoms with van der Waals surface area (Å²) >= 11 is 0. The van der Waals surface area contributed by atoms with Gasteiger partial charge < -0.3 is 5.32 Å². The first kappa shape index (κ1) is 8.39. The van der Waals surface area contributed by atoms with Gasteiger partial charge in [-0.3, -0.25) is 0 Å². The first-order valence-corrected chi connectivity index (χ1v) is 4.49. The van der Waals surface area contributed by atoms with Crippen LogP contribution in [-0.2, 0) is 0 Å². The largest absolute Gasteiger partial charge is 0.321 e. The Balaban J connectivity index is 2.40. The minimum Gasteiger partial charge on any atom is -0.321 e. The summed E-state index contributed by atoms with van der Waals surface area (Å²) in [6.07, 6.45) is 8.46. The molecule has 1 fully saturated rings. The van der Waals surface area contributed by atoms with Crippen LogP contribution < -0.4 is 5.32 Å². The van der Waals surface area contributed by atoms with Gasteiger partial charge in [0, 0.05) is 6.04 Å². The smallest absolute Gasteiger partial charge is 0.176 e. The van der Waals surface area contributed by atoms with Crippen LogP contribution in [-0.4, -0.2) is 6.04 Å². The van der Waals surface area contributed by atoms with Crippen LogP contribution in [0, 0.1) is 17.4 Å². The zero-order valence-corrected chi connectivity index (χ0v) is 7.14. The van der Waals surface area contributed by atoms with Gasteiger partial charge in [0.05, 0.1) is 0 Å². The van der Waals surface area contributed by atoms with Crippen molar-refractivity contribution >= 4 is 0 Å². The van der Waals surface area contributed by atoms with E-state index in [0.717, 1.165) is 0 Å².